The van der Waals surface area contributed by atoms with Crippen LogP contribution in [0.25, 0.3) is 5.57 Å². The fourth-order valence-electron chi connectivity index (χ4n) is 3.85. The van der Waals surface area contributed by atoms with Gasteiger partial charge in [-0.05, 0) is 66.8 Å². The third-order valence-corrected chi connectivity index (χ3v) is 6.89. The first-order valence-electron chi connectivity index (χ1n) is 10.3. The summed E-state index contributed by atoms with van der Waals surface area (Å²) in [7, 11) is -3.39. The average molecular weight is 447 g/mol. The Balaban J connectivity index is 1.60. The number of carbonyl (C=O) groups is 1. The molecule has 2 atom stereocenters. The van der Waals surface area contributed by atoms with Gasteiger partial charge < -0.3 is 5.32 Å². The first kappa shape index (κ1) is 21.6. The number of alkyl halides is 2. The molecule has 0 radical (unpaired) electrons. The molecule has 2 saturated carbocycles. The number of aromatic nitrogens is 1. The molecule has 2 fully saturated rings. The number of benzene rings is 1. The van der Waals surface area contributed by atoms with Crippen LogP contribution in [0.5, 0.6) is 0 Å². The van der Waals surface area contributed by atoms with E-state index in [9.17, 15) is 22.0 Å². The molecule has 0 bridgehead atoms. The topological polar surface area (TPSA) is 76.1 Å². The van der Waals surface area contributed by atoms with Crippen LogP contribution in [0.15, 0.2) is 53.6 Å². The number of amides is 1. The highest BCUT2D eigenvalue weighted by molar-refractivity contribution is 7.90. The number of sulfone groups is 1. The molecule has 164 valence electrons. The smallest absolute Gasteiger partial charge is 0.257 e. The third-order valence-electron chi connectivity index (χ3n) is 5.77. The lowest BCUT2D eigenvalue weighted by atomic mass is 9.98. The van der Waals surface area contributed by atoms with Gasteiger partial charge in [-0.3, -0.25) is 4.79 Å². The number of carbonyl (C=O) groups excluding carboxylic acids is 1. The van der Waals surface area contributed by atoms with Gasteiger partial charge in [-0.1, -0.05) is 24.3 Å². The Kier molecular flexibility index (Phi) is 5.92. The number of pyridine rings is 1. The van der Waals surface area contributed by atoms with Gasteiger partial charge in [0.15, 0.2) is 9.84 Å². The zero-order chi connectivity index (χ0) is 22.2. The number of halogens is 2. The molecule has 0 saturated heterocycles. The van der Waals surface area contributed by atoms with Crippen molar-refractivity contribution in [1.29, 1.82) is 0 Å². The van der Waals surface area contributed by atoms with E-state index >= 15 is 0 Å². The molecule has 1 amide bonds. The van der Waals surface area contributed by atoms with Crippen molar-refractivity contribution in [2.45, 2.75) is 48.8 Å². The second-order valence-corrected chi connectivity index (χ2v) is 10.4. The molecule has 2 aromatic rings. The van der Waals surface area contributed by atoms with E-state index in [-0.39, 0.29) is 23.3 Å². The maximum atomic E-state index is 13.7. The van der Waals surface area contributed by atoms with Crippen molar-refractivity contribution in [1.82, 2.24) is 4.98 Å². The van der Waals surface area contributed by atoms with E-state index in [4.69, 9.17) is 0 Å². The van der Waals surface area contributed by atoms with Crippen LogP contribution < -0.4 is 5.32 Å². The van der Waals surface area contributed by atoms with Gasteiger partial charge in [0.2, 0.25) is 0 Å². The highest BCUT2D eigenvalue weighted by atomic mass is 32.2. The van der Waals surface area contributed by atoms with Gasteiger partial charge in [0.05, 0.1) is 4.90 Å². The highest BCUT2D eigenvalue weighted by Gasteiger charge is 2.34. The lowest BCUT2D eigenvalue weighted by molar-refractivity contribution is -0.111. The Labute approximate surface area is 180 Å². The minimum Gasteiger partial charge on any atom is -0.307 e. The summed E-state index contributed by atoms with van der Waals surface area (Å²) in [5, 5.41) is 2.74. The minimum absolute atomic E-state index is 0.00764. The predicted octanol–water partition coefficient (Wildman–Crippen LogP) is 4.47. The summed E-state index contributed by atoms with van der Waals surface area (Å²) < 4.78 is 50.8. The van der Waals surface area contributed by atoms with Crippen LogP contribution in [0.2, 0.25) is 0 Å². The summed E-state index contributed by atoms with van der Waals surface area (Å²) in [5.74, 6) is 0.0407. The molecule has 1 aromatic carbocycles. The third kappa shape index (κ3) is 5.18. The number of anilines is 1. The van der Waals surface area contributed by atoms with Crippen LogP contribution in [-0.2, 0) is 14.6 Å². The lowest BCUT2D eigenvalue weighted by Crippen LogP contribution is -2.16. The Morgan fingerprint density at radius 3 is 2.23 bits per heavy atom. The molecule has 1 aromatic heterocycles. The van der Waals surface area contributed by atoms with Crippen molar-refractivity contribution < 1.29 is 22.0 Å². The Hall–Kier alpha value is -2.61. The standard InChI is InChI=1S/C23H24F2N2O3S/c1-31(29,30)18-7-4-16(5-8-18)19(10-14-11-20(24)21(25)12-14)23(28)27-22-9-6-17(13-26-22)15-2-3-15/h4-10,13-15,20-21H,2-3,11-12H2,1H3,(H,26,27,28)/b19-10+. The van der Waals surface area contributed by atoms with Crippen LogP contribution in [0, 0.1) is 5.92 Å². The van der Waals surface area contributed by atoms with Crippen molar-refractivity contribution in [2.24, 2.45) is 5.92 Å². The Morgan fingerprint density at radius 2 is 1.71 bits per heavy atom. The molecule has 2 aliphatic carbocycles. The summed E-state index contributed by atoms with van der Waals surface area (Å²) in [6, 6.07) is 9.56. The van der Waals surface area contributed by atoms with Gasteiger partial charge in [-0.15, -0.1) is 0 Å². The van der Waals surface area contributed by atoms with Crippen molar-refractivity contribution in [3.05, 3.63) is 59.8 Å². The van der Waals surface area contributed by atoms with Crippen LogP contribution >= 0.6 is 0 Å². The van der Waals surface area contributed by atoms with E-state index in [0.717, 1.165) is 24.7 Å². The predicted molar refractivity (Wildman–Crippen MR) is 115 cm³/mol. The summed E-state index contributed by atoms with van der Waals surface area (Å²) in [6.07, 6.45) is 3.65. The second-order valence-electron chi connectivity index (χ2n) is 8.35. The molecule has 5 nitrogen and oxygen atoms in total. The fourth-order valence-corrected chi connectivity index (χ4v) is 4.48. The Bertz CT molecular complexity index is 1080. The molecule has 0 spiro atoms. The van der Waals surface area contributed by atoms with E-state index < -0.39 is 34.0 Å². The van der Waals surface area contributed by atoms with Gasteiger partial charge >= 0.3 is 0 Å². The molecule has 2 aliphatic rings. The van der Waals surface area contributed by atoms with Crippen LogP contribution in [0.1, 0.15) is 42.7 Å². The second kappa shape index (κ2) is 8.49. The number of rotatable bonds is 6. The lowest BCUT2D eigenvalue weighted by Gasteiger charge is -2.12. The van der Waals surface area contributed by atoms with E-state index in [1.165, 1.54) is 24.3 Å². The van der Waals surface area contributed by atoms with Gasteiger partial charge in [-0.2, -0.15) is 0 Å². The normalized spacial score (nSPS) is 24.2. The first-order valence-corrected chi connectivity index (χ1v) is 12.2. The van der Waals surface area contributed by atoms with Crippen LogP contribution in [0.3, 0.4) is 0 Å². The van der Waals surface area contributed by atoms with Crippen LogP contribution in [-0.4, -0.2) is 37.9 Å². The van der Waals surface area contributed by atoms with Crippen molar-refractivity contribution in [3.8, 4) is 0 Å². The summed E-state index contributed by atoms with van der Waals surface area (Å²) in [5.41, 5.74) is 1.84. The van der Waals surface area contributed by atoms with Crippen LogP contribution in [0.4, 0.5) is 14.6 Å². The molecule has 2 unspecified atom stereocenters. The quantitative estimate of drug-likeness (QED) is 0.665. The van der Waals surface area contributed by atoms with E-state index in [0.29, 0.717) is 17.3 Å². The number of hydrogen-bond donors (Lipinski definition) is 1. The average Bonchev–Trinajstić information content (AvgIpc) is 3.52. The summed E-state index contributed by atoms with van der Waals surface area (Å²) in [6.45, 7) is 0. The van der Waals surface area contributed by atoms with Gasteiger partial charge in [0, 0.05) is 18.0 Å². The SMILES string of the molecule is CS(=O)(=O)c1ccc(/C(=C\C2CC(F)C(F)C2)C(=O)Nc2ccc(C3CC3)cn2)cc1. The van der Waals surface area contributed by atoms with Crippen molar-refractivity contribution in [3.63, 3.8) is 0 Å². The molecule has 8 heteroatoms. The fraction of sp³-hybridized carbons (Fsp3) is 0.391. The number of hydrogen-bond acceptors (Lipinski definition) is 4. The maximum absolute atomic E-state index is 13.7. The van der Waals surface area contributed by atoms with Crippen molar-refractivity contribution in [2.75, 3.05) is 11.6 Å². The summed E-state index contributed by atoms with van der Waals surface area (Å²) >= 11 is 0. The number of nitrogens with one attached hydrogen (secondary N) is 1. The zero-order valence-corrected chi connectivity index (χ0v) is 17.9. The minimum atomic E-state index is -3.39. The van der Waals surface area contributed by atoms with Gasteiger partial charge in [0.25, 0.3) is 5.91 Å². The zero-order valence-electron chi connectivity index (χ0n) is 17.1. The van der Waals surface area contributed by atoms with E-state index in [2.05, 4.69) is 10.3 Å². The largest absolute Gasteiger partial charge is 0.307 e. The van der Waals surface area contributed by atoms with Gasteiger partial charge in [-0.25, -0.2) is 22.2 Å². The number of allylic oxidation sites excluding steroid dienone is 1. The molecular weight excluding hydrogens is 422 g/mol. The molecule has 4 rings (SSSR count). The highest BCUT2D eigenvalue weighted by Crippen LogP contribution is 2.40. The monoisotopic (exact) mass is 446 g/mol. The molecule has 1 N–H and O–H groups in total. The maximum Gasteiger partial charge on any atom is 0.257 e. The first-order chi connectivity index (χ1) is 14.7. The summed E-state index contributed by atoms with van der Waals surface area (Å²) in [4.78, 5) is 17.5. The molecular formula is C23H24F2N2O3S. The Morgan fingerprint density at radius 1 is 1.06 bits per heavy atom. The van der Waals surface area contributed by atoms with Crippen molar-refractivity contribution >= 4 is 27.1 Å². The molecule has 1 heterocycles. The van der Waals surface area contributed by atoms with E-state index in [1.54, 1.807) is 18.3 Å². The molecule has 31 heavy (non-hydrogen) atoms. The van der Waals surface area contributed by atoms with E-state index in [1.807, 2.05) is 6.07 Å². The molecule has 0 aliphatic heterocycles. The van der Waals surface area contributed by atoms with Gasteiger partial charge in [0.1, 0.15) is 18.2 Å². The number of nitrogens with zero attached hydrogens (tertiary/aromatic N) is 1.